The summed E-state index contributed by atoms with van der Waals surface area (Å²) >= 11 is 0. The Labute approximate surface area is 96.8 Å². The van der Waals surface area contributed by atoms with Crippen LogP contribution < -0.4 is 5.73 Å². The highest BCUT2D eigenvalue weighted by atomic mass is 16.3. The fourth-order valence-electron chi connectivity index (χ4n) is 2.41. The third kappa shape index (κ3) is 2.45. The number of rotatable bonds is 2. The maximum Gasteiger partial charge on any atom is 0.116 e. The van der Waals surface area contributed by atoms with Gasteiger partial charge in [-0.05, 0) is 49.0 Å². The Kier molecular flexibility index (Phi) is 3.62. The average molecular weight is 217 g/mol. The summed E-state index contributed by atoms with van der Waals surface area (Å²) in [5.74, 6) is 0.339. The first-order valence-electron chi connectivity index (χ1n) is 6.01. The van der Waals surface area contributed by atoms with E-state index in [0.29, 0.717) is 12.3 Å². The summed E-state index contributed by atoms with van der Waals surface area (Å²) in [5.41, 5.74) is 9.68. The number of nitrogens with two attached hydrogens (primary N) is 1. The van der Waals surface area contributed by atoms with Crippen molar-refractivity contribution in [3.8, 4) is 5.75 Å². The largest absolute Gasteiger partial charge is 0.508 e. The molecule has 0 saturated heterocycles. The Hall–Kier alpha value is -1.28. The van der Waals surface area contributed by atoms with Crippen molar-refractivity contribution >= 4 is 5.57 Å². The lowest BCUT2D eigenvalue weighted by Crippen LogP contribution is -2.05. The van der Waals surface area contributed by atoms with E-state index in [1.807, 2.05) is 12.1 Å². The van der Waals surface area contributed by atoms with E-state index in [1.165, 1.54) is 30.4 Å². The molecule has 1 aliphatic carbocycles. The van der Waals surface area contributed by atoms with Crippen LogP contribution in [-0.2, 0) is 0 Å². The average Bonchev–Trinajstić information content (AvgIpc) is 2.53. The van der Waals surface area contributed by atoms with Crippen LogP contribution in [0.3, 0.4) is 0 Å². The molecule has 1 aliphatic rings. The smallest absolute Gasteiger partial charge is 0.116 e. The van der Waals surface area contributed by atoms with Gasteiger partial charge in [0.25, 0.3) is 0 Å². The van der Waals surface area contributed by atoms with E-state index in [0.717, 1.165) is 18.4 Å². The van der Waals surface area contributed by atoms with Crippen LogP contribution in [0, 0.1) is 0 Å². The van der Waals surface area contributed by atoms with Gasteiger partial charge in [0.2, 0.25) is 0 Å². The zero-order chi connectivity index (χ0) is 11.4. The normalized spacial score (nSPS) is 17.3. The number of hydrogen-bond acceptors (Lipinski definition) is 2. The molecule has 0 bridgehead atoms. The number of allylic oxidation sites excluding steroid dienone is 1. The van der Waals surface area contributed by atoms with Gasteiger partial charge < -0.3 is 10.8 Å². The minimum atomic E-state index is 0.339. The third-order valence-corrected chi connectivity index (χ3v) is 3.27. The van der Waals surface area contributed by atoms with Crippen LogP contribution in [-0.4, -0.2) is 11.7 Å². The summed E-state index contributed by atoms with van der Waals surface area (Å²) < 4.78 is 0. The fraction of sp³-hybridized carbons (Fsp3) is 0.429. The third-order valence-electron chi connectivity index (χ3n) is 3.27. The first-order chi connectivity index (χ1) is 7.81. The van der Waals surface area contributed by atoms with Crippen molar-refractivity contribution in [2.24, 2.45) is 5.73 Å². The van der Waals surface area contributed by atoms with Crippen molar-refractivity contribution in [2.45, 2.75) is 32.1 Å². The number of phenolic OH excluding ortho intramolecular Hbond substituents is 1. The van der Waals surface area contributed by atoms with Crippen LogP contribution in [0.5, 0.6) is 5.75 Å². The van der Waals surface area contributed by atoms with E-state index in [4.69, 9.17) is 5.73 Å². The Balaban J connectivity index is 2.38. The SMILES string of the molecule is NCC1=C(c2cccc(O)c2)CCCCC1. The molecule has 86 valence electrons. The second-order valence-corrected chi connectivity index (χ2v) is 4.40. The van der Waals surface area contributed by atoms with Gasteiger partial charge in [-0.3, -0.25) is 0 Å². The highest BCUT2D eigenvalue weighted by molar-refractivity contribution is 5.70. The lowest BCUT2D eigenvalue weighted by Gasteiger charge is -2.11. The van der Waals surface area contributed by atoms with Crippen LogP contribution in [0.25, 0.3) is 5.57 Å². The molecule has 3 N–H and O–H groups in total. The molecule has 0 aliphatic heterocycles. The van der Waals surface area contributed by atoms with Gasteiger partial charge in [-0.25, -0.2) is 0 Å². The van der Waals surface area contributed by atoms with Crippen LogP contribution >= 0.6 is 0 Å². The molecular formula is C14H19NO. The summed E-state index contributed by atoms with van der Waals surface area (Å²) in [5, 5.41) is 9.52. The maximum atomic E-state index is 9.52. The second-order valence-electron chi connectivity index (χ2n) is 4.40. The van der Waals surface area contributed by atoms with Crippen molar-refractivity contribution in [3.63, 3.8) is 0 Å². The van der Waals surface area contributed by atoms with Crippen molar-refractivity contribution in [2.75, 3.05) is 6.54 Å². The quantitative estimate of drug-likeness (QED) is 0.799. The molecule has 0 amide bonds. The van der Waals surface area contributed by atoms with Gasteiger partial charge in [-0.2, -0.15) is 0 Å². The highest BCUT2D eigenvalue weighted by Crippen LogP contribution is 2.31. The predicted molar refractivity (Wildman–Crippen MR) is 67.2 cm³/mol. The molecule has 2 rings (SSSR count). The molecule has 0 radical (unpaired) electrons. The molecule has 16 heavy (non-hydrogen) atoms. The first-order valence-corrected chi connectivity index (χ1v) is 6.01. The highest BCUT2D eigenvalue weighted by Gasteiger charge is 2.12. The van der Waals surface area contributed by atoms with Gasteiger partial charge in [-0.15, -0.1) is 0 Å². The van der Waals surface area contributed by atoms with E-state index >= 15 is 0 Å². The van der Waals surface area contributed by atoms with Gasteiger partial charge >= 0.3 is 0 Å². The lowest BCUT2D eigenvalue weighted by atomic mass is 9.96. The molecule has 2 nitrogen and oxygen atoms in total. The van der Waals surface area contributed by atoms with Gasteiger partial charge in [0.05, 0.1) is 0 Å². The molecule has 0 spiro atoms. The van der Waals surface area contributed by atoms with Crippen molar-refractivity contribution < 1.29 is 5.11 Å². The molecule has 0 heterocycles. The summed E-state index contributed by atoms with van der Waals surface area (Å²) in [6.45, 7) is 0.644. The van der Waals surface area contributed by atoms with Crippen LogP contribution in [0.15, 0.2) is 29.8 Å². The monoisotopic (exact) mass is 217 g/mol. The Morgan fingerprint density at radius 2 is 1.94 bits per heavy atom. The molecular weight excluding hydrogens is 198 g/mol. The van der Waals surface area contributed by atoms with Crippen molar-refractivity contribution in [3.05, 3.63) is 35.4 Å². The molecule has 0 unspecified atom stereocenters. The topological polar surface area (TPSA) is 46.2 Å². The molecule has 0 atom stereocenters. The summed E-state index contributed by atoms with van der Waals surface area (Å²) in [6.07, 6.45) is 5.96. The first kappa shape index (κ1) is 11.2. The number of hydrogen-bond donors (Lipinski definition) is 2. The Bertz CT molecular complexity index is 395. The number of aromatic hydroxyl groups is 1. The lowest BCUT2D eigenvalue weighted by molar-refractivity contribution is 0.475. The summed E-state index contributed by atoms with van der Waals surface area (Å²) in [6, 6.07) is 7.52. The van der Waals surface area contributed by atoms with Crippen molar-refractivity contribution in [1.29, 1.82) is 0 Å². The molecule has 2 heteroatoms. The van der Waals surface area contributed by atoms with Crippen LogP contribution in [0.2, 0.25) is 0 Å². The summed E-state index contributed by atoms with van der Waals surface area (Å²) in [7, 11) is 0. The Morgan fingerprint density at radius 1 is 1.12 bits per heavy atom. The van der Waals surface area contributed by atoms with E-state index in [-0.39, 0.29) is 0 Å². The van der Waals surface area contributed by atoms with Gasteiger partial charge in [-0.1, -0.05) is 24.1 Å². The predicted octanol–water partition coefficient (Wildman–Crippen LogP) is 3.07. The van der Waals surface area contributed by atoms with Crippen molar-refractivity contribution in [1.82, 2.24) is 0 Å². The standard InChI is InChI=1S/C14H19NO/c15-10-12-5-2-1-3-8-14(12)11-6-4-7-13(16)9-11/h4,6-7,9,16H,1-3,5,8,10,15H2. The number of benzene rings is 1. The molecule has 0 saturated carbocycles. The molecule has 0 aromatic heterocycles. The molecule has 1 aromatic carbocycles. The second kappa shape index (κ2) is 5.17. The van der Waals surface area contributed by atoms with Crippen LogP contribution in [0.1, 0.15) is 37.7 Å². The van der Waals surface area contributed by atoms with E-state index in [9.17, 15) is 5.11 Å². The maximum absolute atomic E-state index is 9.52. The number of phenols is 1. The molecule has 0 fully saturated rings. The van der Waals surface area contributed by atoms with E-state index in [2.05, 4.69) is 6.07 Å². The van der Waals surface area contributed by atoms with Gasteiger partial charge in [0, 0.05) is 6.54 Å². The zero-order valence-electron chi connectivity index (χ0n) is 9.58. The zero-order valence-corrected chi connectivity index (χ0v) is 9.58. The van der Waals surface area contributed by atoms with Crippen LogP contribution in [0.4, 0.5) is 0 Å². The fourth-order valence-corrected chi connectivity index (χ4v) is 2.41. The minimum absolute atomic E-state index is 0.339. The summed E-state index contributed by atoms with van der Waals surface area (Å²) in [4.78, 5) is 0. The Morgan fingerprint density at radius 3 is 2.69 bits per heavy atom. The van der Waals surface area contributed by atoms with Gasteiger partial charge in [0.15, 0.2) is 0 Å². The van der Waals surface area contributed by atoms with E-state index in [1.54, 1.807) is 6.07 Å². The van der Waals surface area contributed by atoms with E-state index < -0.39 is 0 Å². The minimum Gasteiger partial charge on any atom is -0.508 e. The molecule has 1 aromatic rings. The van der Waals surface area contributed by atoms with Gasteiger partial charge in [0.1, 0.15) is 5.75 Å².